The van der Waals surface area contributed by atoms with E-state index < -0.39 is 13.0 Å². The monoisotopic (exact) mass is 221 g/mol. The standard InChI is InChI=1S/C11H21F2NO/c1-14-9-6-4-2-3-5-7-10(9)15-8-11(12)13/h9-11,14H,2-8H2,1H3. The number of hydrogen-bond donors (Lipinski definition) is 1. The summed E-state index contributed by atoms with van der Waals surface area (Å²) in [5.74, 6) is 0. The van der Waals surface area contributed by atoms with E-state index in [1.165, 1.54) is 19.3 Å². The van der Waals surface area contributed by atoms with E-state index >= 15 is 0 Å². The van der Waals surface area contributed by atoms with E-state index in [0.717, 1.165) is 19.3 Å². The van der Waals surface area contributed by atoms with Crippen molar-refractivity contribution in [3.63, 3.8) is 0 Å². The summed E-state index contributed by atoms with van der Waals surface area (Å²) in [6.07, 6.45) is 4.25. The van der Waals surface area contributed by atoms with Gasteiger partial charge in [-0.2, -0.15) is 0 Å². The van der Waals surface area contributed by atoms with Crippen molar-refractivity contribution >= 4 is 0 Å². The van der Waals surface area contributed by atoms with Gasteiger partial charge in [-0.3, -0.25) is 0 Å². The van der Waals surface area contributed by atoms with Crippen LogP contribution in [-0.2, 0) is 4.74 Å². The van der Waals surface area contributed by atoms with Gasteiger partial charge in [0.2, 0.25) is 0 Å². The molecule has 1 saturated carbocycles. The van der Waals surface area contributed by atoms with Crippen LogP contribution < -0.4 is 5.32 Å². The molecule has 1 rings (SSSR count). The van der Waals surface area contributed by atoms with Gasteiger partial charge in [0.15, 0.2) is 0 Å². The second kappa shape index (κ2) is 7.12. The molecule has 2 atom stereocenters. The molecule has 2 nitrogen and oxygen atoms in total. The average Bonchev–Trinajstić information content (AvgIpc) is 2.16. The number of hydrogen-bond acceptors (Lipinski definition) is 2. The van der Waals surface area contributed by atoms with Crippen LogP contribution in [0.15, 0.2) is 0 Å². The number of rotatable bonds is 4. The predicted octanol–water partition coefficient (Wildman–Crippen LogP) is 2.58. The van der Waals surface area contributed by atoms with Crippen molar-refractivity contribution in [3.8, 4) is 0 Å². The summed E-state index contributed by atoms with van der Waals surface area (Å²) in [5.41, 5.74) is 0. The van der Waals surface area contributed by atoms with Gasteiger partial charge in [0.1, 0.15) is 6.61 Å². The van der Waals surface area contributed by atoms with Gasteiger partial charge < -0.3 is 10.1 Å². The molecule has 0 radical (unpaired) electrons. The molecule has 0 saturated heterocycles. The van der Waals surface area contributed by atoms with Crippen molar-refractivity contribution < 1.29 is 13.5 Å². The zero-order chi connectivity index (χ0) is 11.1. The highest BCUT2D eigenvalue weighted by molar-refractivity contribution is 4.78. The van der Waals surface area contributed by atoms with Crippen molar-refractivity contribution in [3.05, 3.63) is 0 Å². The summed E-state index contributed by atoms with van der Waals surface area (Å²) in [5, 5.41) is 3.18. The minimum Gasteiger partial charge on any atom is -0.371 e. The Morgan fingerprint density at radius 1 is 1.20 bits per heavy atom. The van der Waals surface area contributed by atoms with Crippen LogP contribution in [0.2, 0.25) is 0 Å². The Bertz CT molecular complexity index is 167. The number of alkyl halides is 2. The minimum absolute atomic E-state index is 0.0377. The Labute approximate surface area is 90.4 Å². The number of halogens is 2. The highest BCUT2D eigenvalue weighted by atomic mass is 19.3. The van der Waals surface area contributed by atoms with Gasteiger partial charge in [0.05, 0.1) is 6.10 Å². The fourth-order valence-corrected chi connectivity index (χ4v) is 2.18. The molecule has 0 aromatic heterocycles. The molecule has 4 heteroatoms. The average molecular weight is 221 g/mol. The molecule has 1 fully saturated rings. The second-order valence-corrected chi connectivity index (χ2v) is 4.15. The third-order valence-electron chi connectivity index (χ3n) is 3.01. The Morgan fingerprint density at radius 2 is 1.87 bits per heavy atom. The van der Waals surface area contributed by atoms with Gasteiger partial charge in [0, 0.05) is 6.04 Å². The van der Waals surface area contributed by atoms with Crippen LogP contribution >= 0.6 is 0 Å². The molecule has 0 aromatic carbocycles. The second-order valence-electron chi connectivity index (χ2n) is 4.15. The van der Waals surface area contributed by atoms with Crippen LogP contribution in [0.5, 0.6) is 0 Å². The van der Waals surface area contributed by atoms with Crippen molar-refractivity contribution in [1.82, 2.24) is 5.32 Å². The molecule has 0 bridgehead atoms. The zero-order valence-corrected chi connectivity index (χ0v) is 9.35. The van der Waals surface area contributed by atoms with Crippen LogP contribution in [0.1, 0.15) is 38.5 Å². The first-order chi connectivity index (χ1) is 7.24. The van der Waals surface area contributed by atoms with Crippen molar-refractivity contribution in [2.24, 2.45) is 0 Å². The molecule has 0 aromatic rings. The number of likely N-dealkylation sites (N-methyl/N-ethyl adjacent to an activating group) is 1. The first-order valence-corrected chi connectivity index (χ1v) is 5.81. The van der Waals surface area contributed by atoms with Crippen molar-refractivity contribution in [2.75, 3.05) is 13.7 Å². The summed E-state index contributed by atoms with van der Waals surface area (Å²) >= 11 is 0. The first-order valence-electron chi connectivity index (χ1n) is 5.81. The molecule has 2 unspecified atom stereocenters. The van der Waals surface area contributed by atoms with Gasteiger partial charge in [-0.05, 0) is 19.9 Å². The Morgan fingerprint density at radius 3 is 2.47 bits per heavy atom. The van der Waals surface area contributed by atoms with Gasteiger partial charge in [-0.25, -0.2) is 8.78 Å². The van der Waals surface area contributed by atoms with E-state index in [0.29, 0.717) is 0 Å². The van der Waals surface area contributed by atoms with Crippen LogP contribution in [0.4, 0.5) is 8.78 Å². The quantitative estimate of drug-likeness (QED) is 0.787. The van der Waals surface area contributed by atoms with Crippen LogP contribution in [0.3, 0.4) is 0 Å². The number of ether oxygens (including phenoxy) is 1. The summed E-state index contributed by atoms with van der Waals surface area (Å²) < 4.78 is 29.4. The number of nitrogens with one attached hydrogen (secondary N) is 1. The summed E-state index contributed by atoms with van der Waals surface area (Å²) in [4.78, 5) is 0. The molecular formula is C11H21F2NO. The highest BCUT2D eigenvalue weighted by Crippen LogP contribution is 2.20. The third-order valence-corrected chi connectivity index (χ3v) is 3.01. The molecule has 0 aliphatic heterocycles. The Hall–Kier alpha value is -0.220. The molecule has 0 amide bonds. The van der Waals surface area contributed by atoms with Crippen LogP contribution in [-0.4, -0.2) is 32.2 Å². The molecular weight excluding hydrogens is 200 g/mol. The van der Waals surface area contributed by atoms with E-state index in [2.05, 4.69) is 5.32 Å². The summed E-state index contributed by atoms with van der Waals surface area (Å²) in [7, 11) is 1.88. The molecule has 90 valence electrons. The zero-order valence-electron chi connectivity index (χ0n) is 9.35. The molecule has 1 aliphatic rings. The van der Waals surface area contributed by atoms with Gasteiger partial charge in [-0.15, -0.1) is 0 Å². The SMILES string of the molecule is CNC1CCCCCCC1OCC(F)F. The maximum Gasteiger partial charge on any atom is 0.261 e. The first kappa shape index (κ1) is 12.8. The smallest absolute Gasteiger partial charge is 0.261 e. The lowest BCUT2D eigenvalue weighted by Crippen LogP contribution is -2.40. The molecule has 0 spiro atoms. The summed E-state index contributed by atoms with van der Waals surface area (Å²) in [6, 6.07) is 0.240. The molecule has 1 N–H and O–H groups in total. The topological polar surface area (TPSA) is 21.3 Å². The lowest BCUT2D eigenvalue weighted by atomic mass is 9.94. The normalized spacial score (nSPS) is 28.8. The van der Waals surface area contributed by atoms with E-state index in [1.807, 2.05) is 7.05 Å². The van der Waals surface area contributed by atoms with Crippen LogP contribution in [0.25, 0.3) is 0 Å². The van der Waals surface area contributed by atoms with Gasteiger partial charge in [0.25, 0.3) is 6.43 Å². The minimum atomic E-state index is -2.35. The molecule has 15 heavy (non-hydrogen) atoms. The lowest BCUT2D eigenvalue weighted by molar-refractivity contribution is -0.0437. The van der Waals surface area contributed by atoms with E-state index in [4.69, 9.17) is 4.74 Å². The van der Waals surface area contributed by atoms with Crippen molar-refractivity contribution in [2.45, 2.75) is 57.1 Å². The molecule has 1 aliphatic carbocycles. The fraction of sp³-hybridized carbons (Fsp3) is 1.00. The summed E-state index contributed by atoms with van der Waals surface area (Å²) in [6.45, 7) is -0.428. The largest absolute Gasteiger partial charge is 0.371 e. The van der Waals surface area contributed by atoms with E-state index in [1.54, 1.807) is 0 Å². The maximum absolute atomic E-state index is 12.1. The lowest BCUT2D eigenvalue weighted by Gasteiger charge is -2.29. The van der Waals surface area contributed by atoms with Crippen molar-refractivity contribution in [1.29, 1.82) is 0 Å². The third kappa shape index (κ3) is 4.89. The Kier molecular flexibility index (Phi) is 6.10. The fourth-order valence-electron chi connectivity index (χ4n) is 2.18. The van der Waals surface area contributed by atoms with Crippen LogP contribution in [0, 0.1) is 0 Å². The van der Waals surface area contributed by atoms with E-state index in [-0.39, 0.29) is 12.1 Å². The Balaban J connectivity index is 2.38. The molecule has 0 heterocycles. The highest BCUT2D eigenvalue weighted by Gasteiger charge is 2.22. The van der Waals surface area contributed by atoms with E-state index in [9.17, 15) is 8.78 Å². The van der Waals surface area contributed by atoms with Gasteiger partial charge >= 0.3 is 0 Å². The predicted molar refractivity (Wildman–Crippen MR) is 56.3 cm³/mol. The maximum atomic E-state index is 12.1. The van der Waals surface area contributed by atoms with Gasteiger partial charge in [-0.1, -0.05) is 25.7 Å².